The first-order valence-electron chi connectivity index (χ1n) is 12.2. The van der Waals surface area contributed by atoms with Crippen LogP contribution < -0.4 is 9.47 Å². The molecule has 1 amide bonds. The van der Waals surface area contributed by atoms with E-state index < -0.39 is 11.9 Å². The van der Waals surface area contributed by atoms with E-state index in [-0.39, 0.29) is 23.0 Å². The quantitative estimate of drug-likeness (QED) is 0.279. The molecule has 7 nitrogen and oxygen atoms in total. The molecule has 1 heterocycles. The van der Waals surface area contributed by atoms with E-state index in [2.05, 4.69) is 4.99 Å². The zero-order valence-corrected chi connectivity index (χ0v) is 22.9. The van der Waals surface area contributed by atoms with Gasteiger partial charge in [-0.15, -0.1) is 0 Å². The van der Waals surface area contributed by atoms with Crippen molar-refractivity contribution in [2.24, 2.45) is 4.99 Å². The maximum absolute atomic E-state index is 12.7. The van der Waals surface area contributed by atoms with Crippen LogP contribution in [0.25, 0.3) is 6.08 Å². The van der Waals surface area contributed by atoms with Crippen molar-refractivity contribution >= 4 is 46.4 Å². The highest BCUT2D eigenvalue weighted by molar-refractivity contribution is 8.18. The van der Waals surface area contributed by atoms with Crippen molar-refractivity contribution in [3.8, 4) is 11.5 Å². The minimum atomic E-state index is -0.758. The molecule has 9 heteroatoms. The molecule has 0 radical (unpaired) electrons. The molecule has 3 aromatic rings. The number of hydrogen-bond acceptors (Lipinski definition) is 7. The molecular weight excluding hydrogens is 538 g/mol. The monoisotopic (exact) mass is 563 g/mol. The summed E-state index contributed by atoms with van der Waals surface area (Å²) in [5.41, 5.74) is 1.85. The third-order valence-electron chi connectivity index (χ3n) is 5.47. The van der Waals surface area contributed by atoms with Crippen LogP contribution in [0.2, 0.25) is 5.02 Å². The van der Waals surface area contributed by atoms with Gasteiger partial charge in [-0.25, -0.2) is 9.79 Å². The molecule has 3 aromatic carbocycles. The molecule has 0 saturated carbocycles. The standard InChI is InChI=1S/C30H26ClNO6S/c1-3-36-24-16-20(12-15-23(24)38-18-19-10-13-22(31)14-11-19)17-25-27(33)26(30(35)37-4-2)29(39-25)32-28(34)21-8-6-5-7-9-21/h5-17,33H,3-4,18H2,1-2H3/b25-17-,32-29?. The van der Waals surface area contributed by atoms with Crippen LogP contribution in [0.1, 0.15) is 35.3 Å². The van der Waals surface area contributed by atoms with E-state index in [9.17, 15) is 14.7 Å². The van der Waals surface area contributed by atoms with Gasteiger partial charge in [0, 0.05) is 10.6 Å². The lowest BCUT2D eigenvalue weighted by Gasteiger charge is -2.13. The number of halogens is 1. The maximum Gasteiger partial charge on any atom is 0.344 e. The molecule has 0 atom stereocenters. The number of aliphatic hydroxyl groups is 1. The minimum absolute atomic E-state index is 0.0685. The molecule has 0 bridgehead atoms. The van der Waals surface area contributed by atoms with Crippen LogP contribution >= 0.6 is 23.4 Å². The molecule has 0 unspecified atom stereocenters. The first kappa shape index (κ1) is 28.0. The SMILES string of the molecule is CCOC(=O)C1=C(O)/C(=C/c2ccc(OCc3ccc(Cl)cc3)c(OCC)c2)SC1=NC(=O)c1ccccc1. The average Bonchev–Trinajstić information content (AvgIpc) is 3.24. The molecule has 0 aliphatic carbocycles. The zero-order chi connectivity index (χ0) is 27.8. The molecular formula is C30H26ClNO6S. The summed E-state index contributed by atoms with van der Waals surface area (Å²) in [5.74, 6) is -0.526. The number of aliphatic imine (C=N–C) groups is 1. The van der Waals surface area contributed by atoms with Crippen molar-refractivity contribution in [1.29, 1.82) is 0 Å². The second-order valence-corrected chi connectivity index (χ2v) is 9.66. The molecule has 200 valence electrons. The maximum atomic E-state index is 12.7. The molecule has 0 fully saturated rings. The van der Waals surface area contributed by atoms with Gasteiger partial charge in [0.1, 0.15) is 23.0 Å². The van der Waals surface area contributed by atoms with Crippen LogP contribution in [0.3, 0.4) is 0 Å². The van der Waals surface area contributed by atoms with Crippen molar-refractivity contribution in [1.82, 2.24) is 0 Å². The summed E-state index contributed by atoms with van der Waals surface area (Å²) in [6, 6.07) is 21.2. The van der Waals surface area contributed by atoms with E-state index in [1.165, 1.54) is 0 Å². The summed E-state index contributed by atoms with van der Waals surface area (Å²) in [6.07, 6.45) is 1.68. The number of thioether (sulfide) groups is 1. The molecule has 1 N–H and O–H groups in total. The van der Waals surface area contributed by atoms with Crippen molar-refractivity contribution in [3.63, 3.8) is 0 Å². The molecule has 0 saturated heterocycles. The number of esters is 1. The highest BCUT2D eigenvalue weighted by atomic mass is 35.5. The fraction of sp³-hybridized carbons (Fsp3) is 0.167. The minimum Gasteiger partial charge on any atom is -0.506 e. The number of carbonyl (C=O) groups is 2. The van der Waals surface area contributed by atoms with E-state index in [0.717, 1.165) is 17.3 Å². The number of aliphatic hydroxyl groups excluding tert-OH is 1. The summed E-state index contributed by atoms with van der Waals surface area (Å²) in [5, 5.41) is 11.7. The summed E-state index contributed by atoms with van der Waals surface area (Å²) in [6.45, 7) is 4.38. The van der Waals surface area contributed by atoms with Gasteiger partial charge in [0.15, 0.2) is 11.5 Å². The normalized spacial score (nSPS) is 15.1. The van der Waals surface area contributed by atoms with E-state index in [1.54, 1.807) is 73.7 Å². The molecule has 0 spiro atoms. The van der Waals surface area contributed by atoms with Gasteiger partial charge in [-0.3, -0.25) is 4.79 Å². The summed E-state index contributed by atoms with van der Waals surface area (Å²) >= 11 is 6.97. The van der Waals surface area contributed by atoms with Gasteiger partial charge >= 0.3 is 5.97 Å². The molecule has 1 aliphatic heterocycles. The van der Waals surface area contributed by atoms with E-state index in [0.29, 0.717) is 45.8 Å². The predicted molar refractivity (Wildman–Crippen MR) is 153 cm³/mol. The van der Waals surface area contributed by atoms with Gasteiger partial charge in [-0.05, 0) is 67.4 Å². The Balaban J connectivity index is 1.62. The molecule has 39 heavy (non-hydrogen) atoms. The fourth-order valence-corrected chi connectivity index (χ4v) is 4.76. The Morgan fingerprint density at radius 1 is 0.949 bits per heavy atom. The summed E-state index contributed by atoms with van der Waals surface area (Å²) in [4.78, 5) is 29.8. The van der Waals surface area contributed by atoms with Gasteiger partial charge in [-0.1, -0.05) is 59.8 Å². The average molecular weight is 564 g/mol. The number of amides is 1. The van der Waals surface area contributed by atoms with Gasteiger partial charge in [0.2, 0.25) is 0 Å². The van der Waals surface area contributed by atoms with Gasteiger partial charge in [-0.2, -0.15) is 0 Å². The second kappa shape index (κ2) is 13.2. The lowest BCUT2D eigenvalue weighted by atomic mass is 10.1. The lowest BCUT2D eigenvalue weighted by molar-refractivity contribution is -0.138. The van der Waals surface area contributed by atoms with Crippen molar-refractivity contribution in [2.75, 3.05) is 13.2 Å². The Morgan fingerprint density at radius 2 is 1.69 bits per heavy atom. The van der Waals surface area contributed by atoms with Crippen LogP contribution in [-0.2, 0) is 16.1 Å². The Labute approximate surface area is 235 Å². The number of carbonyl (C=O) groups excluding carboxylic acids is 2. The largest absolute Gasteiger partial charge is 0.506 e. The van der Waals surface area contributed by atoms with E-state index in [1.807, 2.05) is 19.1 Å². The summed E-state index contributed by atoms with van der Waals surface area (Å²) < 4.78 is 16.9. The van der Waals surface area contributed by atoms with Crippen LogP contribution in [0.15, 0.2) is 94.0 Å². The number of benzene rings is 3. The Bertz CT molecular complexity index is 1450. The van der Waals surface area contributed by atoms with Gasteiger partial charge in [0.25, 0.3) is 5.91 Å². The first-order valence-corrected chi connectivity index (χ1v) is 13.4. The third-order valence-corrected chi connectivity index (χ3v) is 6.74. The summed E-state index contributed by atoms with van der Waals surface area (Å²) in [7, 11) is 0. The number of ether oxygens (including phenoxy) is 3. The number of rotatable bonds is 9. The van der Waals surface area contributed by atoms with Crippen LogP contribution in [0.5, 0.6) is 11.5 Å². The molecule has 1 aliphatic rings. The van der Waals surface area contributed by atoms with E-state index in [4.69, 9.17) is 25.8 Å². The zero-order valence-electron chi connectivity index (χ0n) is 21.3. The third kappa shape index (κ3) is 7.10. The Morgan fingerprint density at radius 3 is 2.38 bits per heavy atom. The lowest BCUT2D eigenvalue weighted by Crippen LogP contribution is -2.14. The number of hydrogen-bond donors (Lipinski definition) is 1. The van der Waals surface area contributed by atoms with Crippen molar-refractivity contribution in [3.05, 3.63) is 111 Å². The predicted octanol–water partition coefficient (Wildman–Crippen LogP) is 7.02. The topological polar surface area (TPSA) is 94.4 Å². The van der Waals surface area contributed by atoms with Crippen molar-refractivity contribution < 1.29 is 28.9 Å². The van der Waals surface area contributed by atoms with Gasteiger partial charge < -0.3 is 19.3 Å². The first-order chi connectivity index (χ1) is 18.9. The van der Waals surface area contributed by atoms with Gasteiger partial charge in [0.05, 0.1) is 18.1 Å². The van der Waals surface area contributed by atoms with Crippen molar-refractivity contribution in [2.45, 2.75) is 20.5 Å². The van der Waals surface area contributed by atoms with Crippen LogP contribution in [-0.4, -0.2) is 35.2 Å². The van der Waals surface area contributed by atoms with Crippen LogP contribution in [0, 0.1) is 0 Å². The highest BCUT2D eigenvalue weighted by Crippen LogP contribution is 2.40. The molecule has 0 aromatic heterocycles. The van der Waals surface area contributed by atoms with E-state index >= 15 is 0 Å². The fourth-order valence-electron chi connectivity index (χ4n) is 3.62. The highest BCUT2D eigenvalue weighted by Gasteiger charge is 2.34. The smallest absolute Gasteiger partial charge is 0.344 e. The second-order valence-electron chi connectivity index (χ2n) is 8.20. The molecule has 4 rings (SSSR count). The number of nitrogens with zero attached hydrogens (tertiary/aromatic N) is 1. The van der Waals surface area contributed by atoms with Crippen LogP contribution in [0.4, 0.5) is 0 Å². The Hall–Kier alpha value is -4.01. The Kier molecular flexibility index (Phi) is 9.46.